The van der Waals surface area contributed by atoms with Crippen molar-refractivity contribution in [2.75, 3.05) is 12.1 Å². The van der Waals surface area contributed by atoms with E-state index < -0.39 is 0 Å². The van der Waals surface area contributed by atoms with Crippen LogP contribution in [0, 0.1) is 0 Å². The molecule has 1 aliphatic rings. The number of nitrogens with one attached hydrogen (secondary N) is 1. The molecule has 0 radical (unpaired) electrons. The summed E-state index contributed by atoms with van der Waals surface area (Å²) in [6.07, 6.45) is 0.234. The van der Waals surface area contributed by atoms with Gasteiger partial charge >= 0.3 is 0 Å². The van der Waals surface area contributed by atoms with Crippen LogP contribution in [0.3, 0.4) is 0 Å². The fourth-order valence-electron chi connectivity index (χ4n) is 3.35. The van der Waals surface area contributed by atoms with Gasteiger partial charge in [-0.15, -0.1) is 0 Å². The van der Waals surface area contributed by atoms with Gasteiger partial charge in [-0.05, 0) is 23.3 Å². The summed E-state index contributed by atoms with van der Waals surface area (Å²) in [5, 5.41) is 3.54. The molecule has 0 unspecified atom stereocenters. The molecule has 0 saturated carbocycles. The molecule has 0 spiro atoms. The van der Waals surface area contributed by atoms with Gasteiger partial charge in [0.1, 0.15) is 0 Å². The fourth-order valence-corrected chi connectivity index (χ4v) is 4.36. The summed E-state index contributed by atoms with van der Waals surface area (Å²) in [6, 6.07) is 25.7. The number of benzene rings is 3. The molecule has 1 amide bonds. The highest BCUT2D eigenvalue weighted by Crippen LogP contribution is 2.39. The van der Waals surface area contributed by atoms with Crippen LogP contribution in [0.1, 0.15) is 5.56 Å². The van der Waals surface area contributed by atoms with Gasteiger partial charge in [-0.1, -0.05) is 78.1 Å². The Morgan fingerprint density at radius 2 is 1.60 bits per heavy atom. The summed E-state index contributed by atoms with van der Waals surface area (Å²) in [5.74, 6) is 1.26. The van der Waals surface area contributed by atoms with Crippen LogP contribution < -0.4 is 14.8 Å². The van der Waals surface area contributed by atoms with Crippen molar-refractivity contribution in [2.45, 2.75) is 6.42 Å². The normalized spacial score (nSPS) is 12.0. The Labute approximate surface area is 177 Å². The average Bonchev–Trinajstić information content (AvgIpc) is 3.41. The summed E-state index contributed by atoms with van der Waals surface area (Å²) in [5.41, 5.74) is 3.82. The van der Waals surface area contributed by atoms with Crippen molar-refractivity contribution in [1.29, 1.82) is 0 Å². The molecular formula is C24H18N2O3S. The number of carbonyl (C=O) groups is 1. The average molecular weight is 414 g/mol. The van der Waals surface area contributed by atoms with Crippen molar-refractivity contribution in [2.24, 2.45) is 0 Å². The summed E-state index contributed by atoms with van der Waals surface area (Å²) >= 11 is 1.48. The molecule has 0 bridgehead atoms. The minimum Gasteiger partial charge on any atom is -0.454 e. The number of aromatic nitrogens is 1. The van der Waals surface area contributed by atoms with Crippen LogP contribution >= 0.6 is 11.3 Å². The molecule has 1 aliphatic heterocycles. The van der Waals surface area contributed by atoms with E-state index >= 15 is 0 Å². The first-order valence-corrected chi connectivity index (χ1v) is 10.4. The molecule has 5 rings (SSSR count). The number of fused-ring (bicyclic) bond motifs is 1. The third-order valence-electron chi connectivity index (χ3n) is 4.76. The third kappa shape index (κ3) is 3.77. The quantitative estimate of drug-likeness (QED) is 0.476. The Balaban J connectivity index is 1.40. The summed E-state index contributed by atoms with van der Waals surface area (Å²) in [6.45, 7) is 0.217. The van der Waals surface area contributed by atoms with Crippen molar-refractivity contribution >= 4 is 22.4 Å². The zero-order valence-corrected chi connectivity index (χ0v) is 16.8. The van der Waals surface area contributed by atoms with Gasteiger partial charge in [0.15, 0.2) is 16.6 Å². The Morgan fingerprint density at radius 1 is 0.900 bits per heavy atom. The summed E-state index contributed by atoms with van der Waals surface area (Å²) in [7, 11) is 0. The molecule has 4 aromatic rings. The molecule has 148 valence electrons. The lowest BCUT2D eigenvalue weighted by atomic mass is 10.1. The van der Waals surface area contributed by atoms with Gasteiger partial charge in [0.25, 0.3) is 0 Å². The van der Waals surface area contributed by atoms with E-state index in [4.69, 9.17) is 14.5 Å². The smallest absolute Gasteiger partial charge is 0.231 e. The van der Waals surface area contributed by atoms with Gasteiger partial charge in [-0.3, -0.25) is 4.79 Å². The minimum atomic E-state index is -0.123. The molecule has 3 aromatic carbocycles. The van der Waals surface area contributed by atoms with Crippen molar-refractivity contribution in [3.8, 4) is 33.2 Å². The maximum atomic E-state index is 12.7. The predicted molar refractivity (Wildman–Crippen MR) is 118 cm³/mol. The molecule has 0 fully saturated rings. The third-order valence-corrected chi connectivity index (χ3v) is 5.78. The molecule has 1 aromatic heterocycles. The molecular weight excluding hydrogens is 396 g/mol. The number of anilines is 1. The van der Waals surface area contributed by atoms with E-state index in [1.54, 1.807) is 0 Å². The molecule has 6 heteroatoms. The lowest BCUT2D eigenvalue weighted by molar-refractivity contribution is -0.115. The lowest BCUT2D eigenvalue weighted by Crippen LogP contribution is -2.14. The zero-order chi connectivity index (χ0) is 20.3. The van der Waals surface area contributed by atoms with E-state index in [1.807, 2.05) is 66.7 Å². The van der Waals surface area contributed by atoms with Gasteiger partial charge in [0.2, 0.25) is 12.7 Å². The zero-order valence-electron chi connectivity index (χ0n) is 16.0. The van der Waals surface area contributed by atoms with Gasteiger partial charge in [-0.2, -0.15) is 0 Å². The van der Waals surface area contributed by atoms with Gasteiger partial charge < -0.3 is 14.8 Å². The number of nitrogens with zero attached hydrogens (tertiary/aromatic N) is 1. The monoisotopic (exact) mass is 414 g/mol. The van der Waals surface area contributed by atoms with Gasteiger partial charge in [0.05, 0.1) is 17.0 Å². The topological polar surface area (TPSA) is 60.5 Å². The maximum Gasteiger partial charge on any atom is 0.231 e. The van der Waals surface area contributed by atoms with Gasteiger partial charge in [0, 0.05) is 5.56 Å². The SMILES string of the molecule is O=C(Cc1ccc2c(c1)OCO2)Nc1nc(-c2ccccc2)c(-c2ccccc2)s1. The maximum absolute atomic E-state index is 12.7. The first-order chi connectivity index (χ1) is 14.8. The number of amides is 1. The van der Waals surface area contributed by atoms with E-state index in [1.165, 1.54) is 11.3 Å². The fraction of sp³-hybridized carbons (Fsp3) is 0.0833. The summed E-state index contributed by atoms with van der Waals surface area (Å²) in [4.78, 5) is 18.4. The number of hydrogen-bond donors (Lipinski definition) is 1. The second kappa shape index (κ2) is 8.00. The lowest BCUT2D eigenvalue weighted by Gasteiger charge is -2.03. The number of rotatable bonds is 5. The van der Waals surface area contributed by atoms with E-state index in [-0.39, 0.29) is 19.1 Å². The molecule has 30 heavy (non-hydrogen) atoms. The van der Waals surface area contributed by atoms with Crippen LogP contribution in [0.25, 0.3) is 21.7 Å². The van der Waals surface area contributed by atoms with Crippen molar-refractivity contribution in [3.63, 3.8) is 0 Å². The minimum absolute atomic E-state index is 0.123. The Kier molecular flexibility index (Phi) is 4.91. The van der Waals surface area contributed by atoms with E-state index in [9.17, 15) is 4.79 Å². The van der Waals surface area contributed by atoms with Crippen LogP contribution in [0.5, 0.6) is 11.5 Å². The van der Waals surface area contributed by atoms with Crippen LogP contribution in [0.2, 0.25) is 0 Å². The predicted octanol–water partition coefficient (Wildman–Crippen LogP) is 5.39. The molecule has 0 atom stereocenters. The molecule has 1 N–H and O–H groups in total. The van der Waals surface area contributed by atoms with E-state index in [0.29, 0.717) is 16.6 Å². The molecule has 2 heterocycles. The van der Waals surface area contributed by atoms with Crippen molar-refractivity contribution in [3.05, 3.63) is 84.4 Å². The van der Waals surface area contributed by atoms with Crippen LogP contribution in [-0.2, 0) is 11.2 Å². The Morgan fingerprint density at radius 3 is 2.37 bits per heavy atom. The Hall–Kier alpha value is -3.64. The second-order valence-electron chi connectivity index (χ2n) is 6.84. The van der Waals surface area contributed by atoms with E-state index in [2.05, 4.69) is 17.4 Å². The number of hydrogen-bond acceptors (Lipinski definition) is 5. The molecule has 0 saturated heterocycles. The molecule has 0 aliphatic carbocycles. The summed E-state index contributed by atoms with van der Waals surface area (Å²) < 4.78 is 10.7. The van der Waals surface area contributed by atoms with Crippen LogP contribution in [0.4, 0.5) is 5.13 Å². The van der Waals surface area contributed by atoms with Crippen LogP contribution in [0.15, 0.2) is 78.9 Å². The molecule has 5 nitrogen and oxygen atoms in total. The second-order valence-corrected chi connectivity index (χ2v) is 7.84. The van der Waals surface area contributed by atoms with Gasteiger partial charge in [-0.25, -0.2) is 4.98 Å². The number of ether oxygens (including phenoxy) is 2. The largest absolute Gasteiger partial charge is 0.454 e. The number of carbonyl (C=O) groups excluding carboxylic acids is 1. The van der Waals surface area contributed by atoms with E-state index in [0.717, 1.165) is 27.3 Å². The first kappa shape index (κ1) is 18.4. The standard InChI is InChI=1S/C24H18N2O3S/c27-21(14-16-11-12-19-20(13-16)29-15-28-19)25-24-26-22(17-7-3-1-4-8-17)23(30-24)18-9-5-2-6-10-18/h1-13H,14-15H2,(H,25,26,27). The highest BCUT2D eigenvalue weighted by Gasteiger charge is 2.18. The number of thiazole rings is 1. The van der Waals surface area contributed by atoms with Crippen molar-refractivity contribution < 1.29 is 14.3 Å². The highest BCUT2D eigenvalue weighted by atomic mass is 32.1. The van der Waals surface area contributed by atoms with Crippen LogP contribution in [-0.4, -0.2) is 17.7 Å². The first-order valence-electron chi connectivity index (χ1n) is 9.56. The Bertz CT molecular complexity index is 1130. The van der Waals surface area contributed by atoms with Crippen molar-refractivity contribution in [1.82, 2.24) is 4.98 Å². The highest BCUT2D eigenvalue weighted by molar-refractivity contribution is 7.19.